The molecule has 0 saturated heterocycles. The zero-order valence-corrected chi connectivity index (χ0v) is 15.4. The molecule has 0 saturated carbocycles. The van der Waals surface area contributed by atoms with Crippen LogP contribution in [0.5, 0.6) is 0 Å². The molecule has 4 rings (SSSR count). The highest BCUT2D eigenvalue weighted by molar-refractivity contribution is 7.98. The summed E-state index contributed by atoms with van der Waals surface area (Å²) in [7, 11) is 0. The Hall–Kier alpha value is -2.64. The van der Waals surface area contributed by atoms with E-state index in [9.17, 15) is 0 Å². The van der Waals surface area contributed by atoms with Gasteiger partial charge in [0.1, 0.15) is 6.33 Å². The van der Waals surface area contributed by atoms with Gasteiger partial charge in [-0.15, -0.1) is 10.2 Å². The first-order valence-corrected chi connectivity index (χ1v) is 9.25. The van der Waals surface area contributed by atoms with Crippen LogP contribution in [-0.4, -0.2) is 24.9 Å². The fourth-order valence-corrected chi connectivity index (χ4v) is 3.49. The molecule has 6 nitrogen and oxygen atoms in total. The van der Waals surface area contributed by atoms with Crippen LogP contribution in [0.25, 0.3) is 17.1 Å². The molecule has 0 bridgehead atoms. The van der Waals surface area contributed by atoms with Gasteiger partial charge < -0.3 is 4.52 Å². The van der Waals surface area contributed by atoms with Gasteiger partial charge in [0.25, 0.3) is 0 Å². The van der Waals surface area contributed by atoms with Crippen molar-refractivity contribution in [3.05, 3.63) is 71.3 Å². The maximum Gasteiger partial charge on any atom is 0.237 e. The van der Waals surface area contributed by atoms with Crippen LogP contribution in [0.4, 0.5) is 0 Å². The van der Waals surface area contributed by atoms with Gasteiger partial charge in [0, 0.05) is 5.56 Å². The molecule has 130 valence electrons. The molecule has 0 atom stereocenters. The predicted molar refractivity (Wildman–Crippen MR) is 100 cm³/mol. The number of benzene rings is 2. The van der Waals surface area contributed by atoms with Crippen molar-refractivity contribution in [2.45, 2.75) is 17.8 Å². The zero-order chi connectivity index (χ0) is 17.9. The van der Waals surface area contributed by atoms with Gasteiger partial charge in [-0.05, 0) is 30.7 Å². The van der Waals surface area contributed by atoms with Gasteiger partial charge in [0.05, 0.1) is 16.5 Å². The number of aryl methyl sites for hydroxylation is 1. The Morgan fingerprint density at radius 1 is 1.12 bits per heavy atom. The summed E-state index contributed by atoms with van der Waals surface area (Å²) >= 11 is 7.66. The lowest BCUT2D eigenvalue weighted by atomic mass is 10.2. The number of hydrogen-bond acceptors (Lipinski definition) is 6. The summed E-state index contributed by atoms with van der Waals surface area (Å²) in [5, 5.41) is 13.6. The van der Waals surface area contributed by atoms with E-state index in [0.717, 1.165) is 22.0 Å². The van der Waals surface area contributed by atoms with E-state index in [0.29, 0.717) is 22.5 Å². The van der Waals surface area contributed by atoms with Gasteiger partial charge >= 0.3 is 0 Å². The first-order chi connectivity index (χ1) is 12.7. The molecule has 2 aromatic carbocycles. The molecule has 0 unspecified atom stereocenters. The molecule has 26 heavy (non-hydrogen) atoms. The van der Waals surface area contributed by atoms with E-state index < -0.39 is 0 Å². The quantitative estimate of drug-likeness (QED) is 0.470. The normalized spacial score (nSPS) is 11.0. The Morgan fingerprint density at radius 3 is 2.77 bits per heavy atom. The van der Waals surface area contributed by atoms with Crippen molar-refractivity contribution in [3.8, 4) is 17.1 Å². The van der Waals surface area contributed by atoms with E-state index in [4.69, 9.17) is 16.1 Å². The summed E-state index contributed by atoms with van der Waals surface area (Å²) in [5.41, 5.74) is 2.94. The lowest BCUT2D eigenvalue weighted by molar-refractivity contribution is 0.391. The number of halogens is 1. The van der Waals surface area contributed by atoms with Crippen LogP contribution in [0.15, 0.2) is 64.5 Å². The van der Waals surface area contributed by atoms with Crippen LogP contribution in [0, 0.1) is 6.92 Å². The molecule has 2 heterocycles. The van der Waals surface area contributed by atoms with Crippen molar-refractivity contribution in [1.29, 1.82) is 0 Å². The summed E-state index contributed by atoms with van der Waals surface area (Å²) in [6.07, 6.45) is 1.70. The maximum atomic E-state index is 6.18. The standard InChI is InChI=1S/C18H14ClN5OS/c1-12-6-2-5-9-15(12)24-11-20-22-18(24)26-10-16-21-17(23-25-16)13-7-3-4-8-14(13)19/h2-9,11H,10H2,1H3. The van der Waals surface area contributed by atoms with Crippen LogP contribution in [0.2, 0.25) is 5.02 Å². The van der Waals surface area contributed by atoms with Crippen LogP contribution >= 0.6 is 23.4 Å². The van der Waals surface area contributed by atoms with Gasteiger partial charge in [-0.3, -0.25) is 4.57 Å². The molecular formula is C18H14ClN5OS. The second-order valence-electron chi connectivity index (χ2n) is 5.55. The Kier molecular flexibility index (Phi) is 4.73. The highest BCUT2D eigenvalue weighted by atomic mass is 35.5. The van der Waals surface area contributed by atoms with Crippen molar-refractivity contribution in [2.75, 3.05) is 0 Å². The van der Waals surface area contributed by atoms with E-state index in [2.05, 4.69) is 33.3 Å². The molecule has 0 spiro atoms. The largest absolute Gasteiger partial charge is 0.338 e. The minimum absolute atomic E-state index is 0.478. The number of nitrogens with zero attached hydrogens (tertiary/aromatic N) is 5. The second-order valence-corrected chi connectivity index (χ2v) is 6.90. The average Bonchev–Trinajstić information content (AvgIpc) is 3.30. The lowest BCUT2D eigenvalue weighted by Gasteiger charge is -2.08. The Balaban J connectivity index is 1.52. The molecule has 8 heteroatoms. The highest BCUT2D eigenvalue weighted by Crippen LogP contribution is 2.27. The van der Waals surface area contributed by atoms with Crippen LogP contribution in [0.1, 0.15) is 11.5 Å². The monoisotopic (exact) mass is 383 g/mol. The highest BCUT2D eigenvalue weighted by Gasteiger charge is 2.14. The summed E-state index contributed by atoms with van der Waals surface area (Å²) < 4.78 is 7.29. The van der Waals surface area contributed by atoms with E-state index in [1.807, 2.05) is 41.0 Å². The van der Waals surface area contributed by atoms with Crippen LogP contribution in [0.3, 0.4) is 0 Å². The van der Waals surface area contributed by atoms with Crippen molar-refractivity contribution in [1.82, 2.24) is 24.9 Å². The minimum Gasteiger partial charge on any atom is -0.338 e. The van der Waals surface area contributed by atoms with E-state index in [1.54, 1.807) is 12.4 Å². The molecule has 0 amide bonds. The van der Waals surface area contributed by atoms with Gasteiger partial charge in [-0.1, -0.05) is 58.9 Å². The van der Waals surface area contributed by atoms with E-state index >= 15 is 0 Å². The number of thioether (sulfide) groups is 1. The molecule has 2 aromatic heterocycles. The molecule has 0 fully saturated rings. The first-order valence-electron chi connectivity index (χ1n) is 7.88. The zero-order valence-electron chi connectivity index (χ0n) is 13.8. The average molecular weight is 384 g/mol. The molecule has 4 aromatic rings. The van der Waals surface area contributed by atoms with Crippen molar-refractivity contribution >= 4 is 23.4 Å². The Labute approximate surface area is 159 Å². The van der Waals surface area contributed by atoms with Crippen LogP contribution < -0.4 is 0 Å². The molecule has 0 radical (unpaired) electrons. The van der Waals surface area contributed by atoms with Crippen molar-refractivity contribution in [3.63, 3.8) is 0 Å². The molecule has 0 aliphatic carbocycles. The van der Waals surface area contributed by atoms with Gasteiger partial charge in [-0.2, -0.15) is 4.98 Å². The molecule has 0 N–H and O–H groups in total. The topological polar surface area (TPSA) is 69.6 Å². The van der Waals surface area contributed by atoms with E-state index in [-0.39, 0.29) is 0 Å². The van der Waals surface area contributed by atoms with E-state index in [1.165, 1.54) is 11.8 Å². The third-order valence-corrected chi connectivity index (χ3v) is 5.06. The summed E-state index contributed by atoms with van der Waals surface area (Å²) in [6, 6.07) is 15.5. The summed E-state index contributed by atoms with van der Waals surface area (Å²) in [4.78, 5) is 4.42. The molecule has 0 aliphatic heterocycles. The number of aromatic nitrogens is 5. The van der Waals surface area contributed by atoms with Gasteiger partial charge in [-0.25, -0.2) is 0 Å². The Morgan fingerprint density at radius 2 is 1.92 bits per heavy atom. The smallest absolute Gasteiger partial charge is 0.237 e. The van der Waals surface area contributed by atoms with Crippen LogP contribution in [-0.2, 0) is 5.75 Å². The third kappa shape index (κ3) is 3.36. The SMILES string of the molecule is Cc1ccccc1-n1cnnc1SCc1nc(-c2ccccc2Cl)no1. The number of rotatable bonds is 5. The predicted octanol–water partition coefficient (Wildman–Crippen LogP) is 4.57. The van der Waals surface area contributed by atoms with Crippen molar-refractivity contribution < 1.29 is 4.52 Å². The van der Waals surface area contributed by atoms with Gasteiger partial charge in [0.15, 0.2) is 5.16 Å². The summed E-state index contributed by atoms with van der Waals surface area (Å²) in [5.74, 6) is 1.47. The fourth-order valence-electron chi connectivity index (χ4n) is 2.51. The fraction of sp³-hybridized carbons (Fsp3) is 0.111. The lowest BCUT2D eigenvalue weighted by Crippen LogP contribution is -1.97. The third-order valence-electron chi connectivity index (χ3n) is 3.80. The molecular weight excluding hydrogens is 370 g/mol. The molecule has 0 aliphatic rings. The van der Waals surface area contributed by atoms with Gasteiger partial charge in [0.2, 0.25) is 11.7 Å². The minimum atomic E-state index is 0.478. The van der Waals surface area contributed by atoms with Crippen molar-refractivity contribution in [2.24, 2.45) is 0 Å². The first kappa shape index (κ1) is 16.8. The maximum absolute atomic E-state index is 6.18. The number of para-hydroxylation sites is 1. The second kappa shape index (κ2) is 7.31. The summed E-state index contributed by atoms with van der Waals surface area (Å²) in [6.45, 7) is 2.05. The Bertz CT molecular complexity index is 1050. The number of hydrogen-bond donors (Lipinski definition) is 0.